The smallest absolute Gasteiger partial charge is 0.330 e. The van der Waals surface area contributed by atoms with Crippen molar-refractivity contribution in [3.05, 3.63) is 24.3 Å². The van der Waals surface area contributed by atoms with Crippen LogP contribution in [0.2, 0.25) is 0 Å². The minimum Gasteiger partial charge on any atom is -0.330 e. The van der Waals surface area contributed by atoms with Crippen molar-refractivity contribution >= 4 is 7.75 Å². The molecule has 0 N–H and O–H groups in total. The van der Waals surface area contributed by atoms with Crippen LogP contribution in [0.4, 0.5) is 0 Å². The van der Waals surface area contributed by atoms with E-state index in [0.29, 0.717) is 19.8 Å². The summed E-state index contributed by atoms with van der Waals surface area (Å²) in [6.07, 6.45) is 45.5. The third-order valence-corrected chi connectivity index (χ3v) is 11.8. The van der Waals surface area contributed by atoms with Gasteiger partial charge < -0.3 is 4.48 Å². The number of rotatable bonds is 39. The minimum atomic E-state index is -3.29. The zero-order chi connectivity index (χ0) is 36.2. The van der Waals surface area contributed by atoms with Crippen LogP contribution in [0.25, 0.3) is 0 Å². The fourth-order valence-corrected chi connectivity index (χ4v) is 7.93. The van der Waals surface area contributed by atoms with Crippen molar-refractivity contribution in [2.24, 2.45) is 0 Å². The number of allylic oxidation sites excluding steroid dienone is 4. The molecule has 0 atom stereocenters. The average molecular weight is 712 g/mol. The van der Waals surface area contributed by atoms with Gasteiger partial charge in [-0.1, -0.05) is 161 Å². The molecular formula is C43H88N2O3P+. The summed E-state index contributed by atoms with van der Waals surface area (Å²) < 4.78 is 29.1. The van der Waals surface area contributed by atoms with Gasteiger partial charge in [0.05, 0.1) is 47.4 Å². The predicted molar refractivity (Wildman–Crippen MR) is 219 cm³/mol. The Balaban J connectivity index is 4.16. The molecule has 0 unspecified atom stereocenters. The van der Waals surface area contributed by atoms with E-state index >= 15 is 0 Å². The summed E-state index contributed by atoms with van der Waals surface area (Å²) in [4.78, 5) is 0. The summed E-state index contributed by atoms with van der Waals surface area (Å²) in [6, 6.07) is 0. The highest BCUT2D eigenvalue weighted by atomic mass is 31.2. The Morgan fingerprint density at radius 1 is 0.469 bits per heavy atom. The lowest BCUT2D eigenvalue weighted by molar-refractivity contribution is -0.869. The first-order valence-corrected chi connectivity index (χ1v) is 23.0. The van der Waals surface area contributed by atoms with Gasteiger partial charge in [-0.05, 0) is 64.2 Å². The second kappa shape index (κ2) is 35.9. The van der Waals surface area contributed by atoms with Gasteiger partial charge in [0.2, 0.25) is 0 Å². The normalized spacial score (nSPS) is 12.8. The summed E-state index contributed by atoms with van der Waals surface area (Å²) in [7, 11) is 3.25. The number of nitrogens with zero attached hydrogens (tertiary/aromatic N) is 2. The first kappa shape index (κ1) is 48.5. The molecule has 5 nitrogen and oxygen atoms in total. The maximum absolute atomic E-state index is 14.0. The number of quaternary nitrogens is 1. The first-order chi connectivity index (χ1) is 23.8. The topological polar surface area (TPSA) is 38.8 Å². The van der Waals surface area contributed by atoms with Crippen LogP contribution in [0.1, 0.15) is 201 Å². The summed E-state index contributed by atoms with van der Waals surface area (Å²) in [5, 5.41) is 0. The highest BCUT2D eigenvalue weighted by molar-refractivity contribution is 7.51. The summed E-state index contributed by atoms with van der Waals surface area (Å²) >= 11 is 0. The molecule has 0 aliphatic carbocycles. The molecule has 0 radical (unpaired) electrons. The van der Waals surface area contributed by atoms with Gasteiger partial charge in [0, 0.05) is 6.54 Å². The largest absolute Gasteiger partial charge is 0.408 e. The van der Waals surface area contributed by atoms with Crippen molar-refractivity contribution in [3.63, 3.8) is 0 Å². The molecule has 0 aromatic carbocycles. The van der Waals surface area contributed by atoms with Crippen molar-refractivity contribution in [2.45, 2.75) is 201 Å². The summed E-state index contributed by atoms with van der Waals surface area (Å²) in [6.45, 7) is 9.98. The van der Waals surface area contributed by atoms with Crippen LogP contribution in [0.3, 0.4) is 0 Å². The summed E-state index contributed by atoms with van der Waals surface area (Å²) in [5.74, 6) is 0. The Morgan fingerprint density at radius 2 is 0.776 bits per heavy atom. The third-order valence-electron chi connectivity index (χ3n) is 9.56. The molecule has 0 spiro atoms. The van der Waals surface area contributed by atoms with Gasteiger partial charge in [-0.3, -0.25) is 9.05 Å². The molecule has 0 saturated carbocycles. The van der Waals surface area contributed by atoms with Crippen LogP contribution in [-0.4, -0.2) is 63.1 Å². The van der Waals surface area contributed by atoms with Gasteiger partial charge in [0.1, 0.15) is 0 Å². The van der Waals surface area contributed by atoms with E-state index in [1.807, 2.05) is 4.67 Å². The van der Waals surface area contributed by atoms with E-state index in [-0.39, 0.29) is 0 Å². The molecule has 0 aromatic heterocycles. The SMILES string of the molecule is CCCCCCCC/C=C/CCCCCCCCOP(=O)(OCCCCCCCC/C=C/CCCCCCCC)N(CC)CC[N+](C)(C)C. The van der Waals surface area contributed by atoms with E-state index in [9.17, 15) is 4.57 Å². The van der Waals surface area contributed by atoms with Crippen LogP contribution in [0.15, 0.2) is 24.3 Å². The molecule has 6 heteroatoms. The van der Waals surface area contributed by atoms with Gasteiger partial charge in [0.25, 0.3) is 0 Å². The average Bonchev–Trinajstić information content (AvgIpc) is 3.07. The second-order valence-electron chi connectivity index (χ2n) is 15.6. The van der Waals surface area contributed by atoms with Crippen molar-refractivity contribution in [2.75, 3.05) is 54.0 Å². The Labute approximate surface area is 308 Å². The molecule has 292 valence electrons. The van der Waals surface area contributed by atoms with E-state index in [1.54, 1.807) is 0 Å². The monoisotopic (exact) mass is 712 g/mol. The van der Waals surface area contributed by atoms with Crippen LogP contribution in [-0.2, 0) is 13.6 Å². The highest BCUT2D eigenvalue weighted by Crippen LogP contribution is 2.52. The zero-order valence-electron chi connectivity index (χ0n) is 34.2. The fraction of sp³-hybridized carbons (Fsp3) is 0.907. The molecule has 0 heterocycles. The fourth-order valence-electron chi connectivity index (χ4n) is 6.13. The number of hydrogen-bond acceptors (Lipinski definition) is 3. The second-order valence-corrected chi connectivity index (χ2v) is 17.6. The van der Waals surface area contributed by atoms with Crippen molar-refractivity contribution in [1.29, 1.82) is 0 Å². The van der Waals surface area contributed by atoms with Crippen LogP contribution in [0.5, 0.6) is 0 Å². The third kappa shape index (κ3) is 34.4. The van der Waals surface area contributed by atoms with E-state index in [0.717, 1.165) is 43.3 Å². The van der Waals surface area contributed by atoms with Gasteiger partial charge >= 0.3 is 7.75 Å². The standard InChI is InChI=1S/C43H88N2O3P/c1-7-10-12-14-16-18-20-22-24-26-28-30-32-34-36-38-42-47-49(46,44(9-3)40-41-45(4,5)6)48-43-39-37-35-33-31-29-27-25-23-21-19-17-15-13-11-8-2/h22-25H,7-21,26-43H2,1-6H3/q+1/b24-22+,25-23+. The van der Waals surface area contributed by atoms with Crippen molar-refractivity contribution < 1.29 is 18.1 Å². The van der Waals surface area contributed by atoms with E-state index in [2.05, 4.69) is 66.2 Å². The molecule has 49 heavy (non-hydrogen) atoms. The van der Waals surface area contributed by atoms with Gasteiger partial charge in [-0.15, -0.1) is 0 Å². The lowest BCUT2D eigenvalue weighted by Gasteiger charge is -2.32. The number of unbranched alkanes of at least 4 members (excludes halogenated alkanes) is 24. The maximum atomic E-state index is 14.0. The zero-order valence-corrected chi connectivity index (χ0v) is 35.1. The van der Waals surface area contributed by atoms with Gasteiger partial charge in [-0.2, -0.15) is 0 Å². The van der Waals surface area contributed by atoms with Gasteiger partial charge in [0.15, 0.2) is 0 Å². The Hall–Kier alpha value is -0.450. The van der Waals surface area contributed by atoms with Crippen molar-refractivity contribution in [1.82, 2.24) is 4.67 Å². The molecule has 0 aromatic rings. The van der Waals surface area contributed by atoms with Gasteiger partial charge in [-0.25, -0.2) is 9.24 Å². The lowest BCUT2D eigenvalue weighted by atomic mass is 10.1. The lowest BCUT2D eigenvalue weighted by Crippen LogP contribution is -2.41. The van der Waals surface area contributed by atoms with E-state index in [4.69, 9.17) is 9.05 Å². The first-order valence-electron chi connectivity index (χ1n) is 21.5. The highest BCUT2D eigenvalue weighted by Gasteiger charge is 2.33. The molecule has 0 bridgehead atoms. The predicted octanol–water partition coefficient (Wildman–Crippen LogP) is 14.2. The quantitative estimate of drug-likeness (QED) is 0.0275. The van der Waals surface area contributed by atoms with E-state index < -0.39 is 7.75 Å². The molecule has 0 rings (SSSR count). The maximum Gasteiger partial charge on any atom is 0.408 e. The Kier molecular flexibility index (Phi) is 35.6. The Bertz CT molecular complexity index is 732. The number of hydrogen-bond donors (Lipinski definition) is 0. The van der Waals surface area contributed by atoms with Crippen LogP contribution in [0, 0.1) is 0 Å². The number of likely N-dealkylation sites (N-methyl/N-ethyl adjacent to an activating group) is 2. The molecular weight excluding hydrogens is 623 g/mol. The van der Waals surface area contributed by atoms with Crippen molar-refractivity contribution in [3.8, 4) is 0 Å². The minimum absolute atomic E-state index is 0.521. The molecule has 0 aliphatic rings. The Morgan fingerprint density at radius 3 is 1.08 bits per heavy atom. The molecule has 0 aliphatic heterocycles. The molecule has 0 fully saturated rings. The molecule has 0 amide bonds. The molecule has 0 saturated heterocycles. The van der Waals surface area contributed by atoms with E-state index in [1.165, 1.54) is 154 Å². The van der Waals surface area contributed by atoms with Crippen LogP contribution >= 0.6 is 7.75 Å². The van der Waals surface area contributed by atoms with Crippen LogP contribution < -0.4 is 0 Å². The summed E-state index contributed by atoms with van der Waals surface area (Å²) in [5.41, 5.74) is 0.